The minimum absolute atomic E-state index is 0.142. The van der Waals surface area contributed by atoms with Gasteiger partial charge < -0.3 is 10.4 Å². The van der Waals surface area contributed by atoms with Crippen LogP contribution in [0.5, 0.6) is 0 Å². The number of benzene rings is 1. The molecule has 1 aromatic rings. The highest BCUT2D eigenvalue weighted by molar-refractivity contribution is 5.15. The number of rotatable bonds is 5. The van der Waals surface area contributed by atoms with E-state index in [1.54, 1.807) is 0 Å². The maximum atomic E-state index is 9.37. The zero-order valence-electron chi connectivity index (χ0n) is 9.77. The summed E-state index contributed by atoms with van der Waals surface area (Å²) in [6, 6.07) is 10.9. The molecule has 0 radical (unpaired) electrons. The summed E-state index contributed by atoms with van der Waals surface area (Å²) >= 11 is 0. The number of hydrogen-bond donors (Lipinski definition) is 2. The van der Waals surface area contributed by atoms with Crippen LogP contribution < -0.4 is 5.32 Å². The fourth-order valence-electron chi connectivity index (χ4n) is 1.61. The van der Waals surface area contributed by atoms with Crippen molar-refractivity contribution in [2.24, 2.45) is 0 Å². The van der Waals surface area contributed by atoms with E-state index in [2.05, 4.69) is 36.5 Å². The smallest absolute Gasteiger partial charge is 0.0662 e. The fraction of sp³-hybridized carbons (Fsp3) is 0.538. The molecule has 3 atom stereocenters. The summed E-state index contributed by atoms with van der Waals surface area (Å²) in [5.41, 5.74) is 1.33. The molecule has 0 aliphatic carbocycles. The van der Waals surface area contributed by atoms with Crippen LogP contribution in [0.25, 0.3) is 0 Å². The quantitative estimate of drug-likeness (QED) is 0.773. The number of hydrogen-bond acceptors (Lipinski definition) is 2. The topological polar surface area (TPSA) is 32.3 Å². The second-order valence-electron chi connectivity index (χ2n) is 4.29. The molecule has 0 aliphatic rings. The minimum Gasteiger partial charge on any atom is -0.392 e. The molecule has 0 amide bonds. The Bertz CT molecular complexity index is 271. The van der Waals surface area contributed by atoms with E-state index >= 15 is 0 Å². The lowest BCUT2D eigenvalue weighted by Crippen LogP contribution is -2.42. The van der Waals surface area contributed by atoms with Gasteiger partial charge in [-0.25, -0.2) is 0 Å². The summed E-state index contributed by atoms with van der Waals surface area (Å²) in [6.07, 6.45) is 0.695. The van der Waals surface area contributed by atoms with E-state index in [1.165, 1.54) is 5.56 Å². The molecule has 0 saturated heterocycles. The van der Waals surface area contributed by atoms with E-state index in [4.69, 9.17) is 0 Å². The molecule has 1 rings (SSSR count). The number of aliphatic hydroxyl groups excluding tert-OH is 1. The second-order valence-corrected chi connectivity index (χ2v) is 4.29. The summed E-state index contributed by atoms with van der Waals surface area (Å²) in [6.45, 7) is 5.96. The largest absolute Gasteiger partial charge is 0.392 e. The van der Waals surface area contributed by atoms with Gasteiger partial charge in [-0.1, -0.05) is 30.3 Å². The third-order valence-corrected chi connectivity index (χ3v) is 2.66. The molecule has 0 bridgehead atoms. The zero-order valence-corrected chi connectivity index (χ0v) is 9.77. The molecule has 0 aliphatic heterocycles. The lowest BCUT2D eigenvalue weighted by Gasteiger charge is -2.22. The van der Waals surface area contributed by atoms with Gasteiger partial charge in [-0.2, -0.15) is 0 Å². The van der Waals surface area contributed by atoms with Crippen molar-refractivity contribution in [3.8, 4) is 0 Å². The van der Waals surface area contributed by atoms with E-state index in [0.717, 1.165) is 6.42 Å². The van der Waals surface area contributed by atoms with Crippen molar-refractivity contribution >= 4 is 0 Å². The first-order chi connectivity index (χ1) is 7.09. The molecule has 0 unspecified atom stereocenters. The number of aliphatic hydroxyl groups is 1. The van der Waals surface area contributed by atoms with Crippen LogP contribution in [-0.4, -0.2) is 23.3 Å². The van der Waals surface area contributed by atoms with Gasteiger partial charge in [-0.05, 0) is 32.8 Å². The Labute approximate surface area is 92.3 Å². The van der Waals surface area contributed by atoms with E-state index in [0.29, 0.717) is 6.04 Å². The van der Waals surface area contributed by atoms with Crippen LogP contribution >= 0.6 is 0 Å². The van der Waals surface area contributed by atoms with E-state index in [1.807, 2.05) is 19.9 Å². The Kier molecular flexibility index (Phi) is 4.79. The van der Waals surface area contributed by atoms with Crippen LogP contribution in [-0.2, 0) is 6.42 Å². The minimum atomic E-state index is -0.303. The van der Waals surface area contributed by atoms with Gasteiger partial charge in [0.25, 0.3) is 0 Å². The molecule has 1 aromatic carbocycles. The van der Waals surface area contributed by atoms with Gasteiger partial charge in [0.1, 0.15) is 0 Å². The first kappa shape index (κ1) is 12.2. The van der Waals surface area contributed by atoms with Gasteiger partial charge >= 0.3 is 0 Å². The van der Waals surface area contributed by atoms with Crippen LogP contribution in [0.2, 0.25) is 0 Å². The maximum absolute atomic E-state index is 9.37. The number of nitrogens with one attached hydrogen (secondary N) is 1. The van der Waals surface area contributed by atoms with Gasteiger partial charge in [0, 0.05) is 12.1 Å². The Morgan fingerprint density at radius 1 is 1.13 bits per heavy atom. The van der Waals surface area contributed by atoms with Gasteiger partial charge in [0.15, 0.2) is 0 Å². The first-order valence-electron chi connectivity index (χ1n) is 5.57. The van der Waals surface area contributed by atoms with Crippen molar-refractivity contribution in [2.75, 3.05) is 0 Å². The van der Waals surface area contributed by atoms with E-state index < -0.39 is 0 Å². The second kappa shape index (κ2) is 5.89. The van der Waals surface area contributed by atoms with Crippen LogP contribution in [0.1, 0.15) is 26.3 Å². The molecule has 0 spiro atoms. The Morgan fingerprint density at radius 3 is 2.27 bits per heavy atom. The van der Waals surface area contributed by atoms with Crippen molar-refractivity contribution in [3.05, 3.63) is 35.9 Å². The third kappa shape index (κ3) is 4.45. The maximum Gasteiger partial charge on any atom is 0.0662 e. The Morgan fingerprint density at radius 2 is 1.73 bits per heavy atom. The van der Waals surface area contributed by atoms with Crippen molar-refractivity contribution in [3.63, 3.8) is 0 Å². The fourth-order valence-corrected chi connectivity index (χ4v) is 1.61. The highest BCUT2D eigenvalue weighted by atomic mass is 16.3. The predicted octanol–water partition coefficient (Wildman–Crippen LogP) is 1.98. The third-order valence-electron chi connectivity index (χ3n) is 2.66. The standard InChI is InChI=1S/C13H21NO/c1-10(14-11(2)12(3)15)9-13-7-5-4-6-8-13/h4-8,10-12,14-15H,9H2,1-3H3/t10-,11+,12+/m1/s1. The molecule has 2 nitrogen and oxygen atoms in total. The summed E-state index contributed by atoms with van der Waals surface area (Å²) in [4.78, 5) is 0. The molecule has 0 heterocycles. The molecular formula is C13H21NO. The van der Waals surface area contributed by atoms with Crippen molar-refractivity contribution < 1.29 is 5.11 Å². The average Bonchev–Trinajstić information content (AvgIpc) is 2.18. The lowest BCUT2D eigenvalue weighted by molar-refractivity contribution is 0.147. The summed E-state index contributed by atoms with van der Waals surface area (Å²) < 4.78 is 0. The van der Waals surface area contributed by atoms with Crippen molar-refractivity contribution in [1.29, 1.82) is 0 Å². The van der Waals surface area contributed by atoms with Crippen molar-refractivity contribution in [2.45, 2.75) is 45.4 Å². The summed E-state index contributed by atoms with van der Waals surface area (Å²) in [5, 5.41) is 12.8. The highest BCUT2D eigenvalue weighted by Gasteiger charge is 2.11. The van der Waals surface area contributed by atoms with Crippen LogP contribution in [0.15, 0.2) is 30.3 Å². The molecule has 2 heteroatoms. The van der Waals surface area contributed by atoms with E-state index in [9.17, 15) is 5.11 Å². The van der Waals surface area contributed by atoms with E-state index in [-0.39, 0.29) is 12.1 Å². The van der Waals surface area contributed by atoms with Gasteiger partial charge in [-0.3, -0.25) is 0 Å². The van der Waals surface area contributed by atoms with Crippen LogP contribution in [0.3, 0.4) is 0 Å². The van der Waals surface area contributed by atoms with Gasteiger partial charge in [0.05, 0.1) is 6.10 Å². The summed E-state index contributed by atoms with van der Waals surface area (Å²) in [5.74, 6) is 0. The lowest BCUT2D eigenvalue weighted by atomic mass is 10.1. The molecule has 0 saturated carbocycles. The molecule has 84 valence electrons. The average molecular weight is 207 g/mol. The Balaban J connectivity index is 2.39. The van der Waals surface area contributed by atoms with Gasteiger partial charge in [-0.15, -0.1) is 0 Å². The van der Waals surface area contributed by atoms with Crippen molar-refractivity contribution in [1.82, 2.24) is 5.32 Å². The van der Waals surface area contributed by atoms with Crippen LogP contribution in [0.4, 0.5) is 0 Å². The Hall–Kier alpha value is -0.860. The van der Waals surface area contributed by atoms with Crippen LogP contribution in [0, 0.1) is 0 Å². The highest BCUT2D eigenvalue weighted by Crippen LogP contribution is 2.04. The monoisotopic (exact) mass is 207 g/mol. The zero-order chi connectivity index (χ0) is 11.3. The molecule has 15 heavy (non-hydrogen) atoms. The molecule has 0 aromatic heterocycles. The molecule has 0 fully saturated rings. The first-order valence-corrected chi connectivity index (χ1v) is 5.57. The van der Waals surface area contributed by atoms with Gasteiger partial charge in [0.2, 0.25) is 0 Å². The normalized spacial score (nSPS) is 17.1. The SMILES string of the molecule is C[C@H](Cc1ccccc1)N[C@@H](C)[C@H](C)O. The summed E-state index contributed by atoms with van der Waals surface area (Å²) in [7, 11) is 0. The molecule has 2 N–H and O–H groups in total. The molecular weight excluding hydrogens is 186 g/mol. The predicted molar refractivity (Wildman–Crippen MR) is 63.9 cm³/mol.